The molecule has 0 N–H and O–H groups in total. The van der Waals surface area contributed by atoms with Crippen molar-refractivity contribution < 1.29 is 4.79 Å². The van der Waals surface area contributed by atoms with Crippen LogP contribution in [0.2, 0.25) is 0 Å². The summed E-state index contributed by atoms with van der Waals surface area (Å²) in [5.41, 5.74) is 1.37. The molecule has 0 bridgehead atoms. The minimum absolute atomic E-state index is 0.0325. The molecule has 0 unspecified atom stereocenters. The van der Waals surface area contributed by atoms with Crippen molar-refractivity contribution >= 4 is 17.2 Å². The first-order valence-electron chi connectivity index (χ1n) is 7.54. The van der Waals surface area contributed by atoms with E-state index in [-0.39, 0.29) is 12.5 Å². The van der Waals surface area contributed by atoms with Gasteiger partial charge in [-0.1, -0.05) is 19.8 Å². The molecule has 0 aliphatic heterocycles. The van der Waals surface area contributed by atoms with Crippen LogP contribution in [0.3, 0.4) is 0 Å². The van der Waals surface area contributed by atoms with Crippen LogP contribution in [0, 0.1) is 11.3 Å². The third-order valence-corrected chi connectivity index (χ3v) is 4.97. The van der Waals surface area contributed by atoms with Crippen LogP contribution < -0.4 is 0 Å². The second-order valence-electron chi connectivity index (χ2n) is 5.36. The Morgan fingerprint density at radius 3 is 2.80 bits per heavy atom. The molecule has 1 aromatic rings. The van der Waals surface area contributed by atoms with E-state index in [1.54, 1.807) is 16.2 Å². The number of amides is 1. The molecule has 2 rings (SSSR count). The first kappa shape index (κ1) is 15.1. The number of hydrogen-bond donors (Lipinski definition) is 0. The average Bonchev–Trinajstić information content (AvgIpc) is 2.80. The maximum Gasteiger partial charge on any atom is 0.264 e. The van der Waals surface area contributed by atoms with Gasteiger partial charge in [-0.05, 0) is 43.7 Å². The third-order valence-electron chi connectivity index (χ3n) is 3.75. The maximum atomic E-state index is 12.5. The highest BCUT2D eigenvalue weighted by atomic mass is 32.1. The summed E-state index contributed by atoms with van der Waals surface area (Å²) in [6.07, 6.45) is 8.17. The molecule has 1 amide bonds. The Kier molecular flexibility index (Phi) is 5.60. The lowest BCUT2D eigenvalue weighted by Gasteiger charge is -2.17. The molecule has 1 heterocycles. The minimum Gasteiger partial charge on any atom is -0.325 e. The highest BCUT2D eigenvalue weighted by Gasteiger charge is 2.20. The minimum atomic E-state index is 0.0325. The Morgan fingerprint density at radius 2 is 2.10 bits per heavy atom. The van der Waals surface area contributed by atoms with Gasteiger partial charge in [-0.2, -0.15) is 5.26 Å². The predicted octanol–water partition coefficient (Wildman–Crippen LogP) is 3.78. The van der Waals surface area contributed by atoms with E-state index >= 15 is 0 Å². The Bertz CT molecular complexity index is 476. The van der Waals surface area contributed by atoms with Gasteiger partial charge in [-0.25, -0.2) is 0 Å². The summed E-state index contributed by atoms with van der Waals surface area (Å²) in [5.74, 6) is 0.0325. The third kappa shape index (κ3) is 3.61. The fourth-order valence-corrected chi connectivity index (χ4v) is 3.93. The molecule has 0 spiro atoms. The number of carbonyl (C=O) groups excluding carboxylic acids is 1. The van der Waals surface area contributed by atoms with Gasteiger partial charge in [0.05, 0.1) is 10.9 Å². The van der Waals surface area contributed by atoms with Gasteiger partial charge in [-0.15, -0.1) is 11.3 Å². The van der Waals surface area contributed by atoms with E-state index in [1.165, 1.54) is 36.1 Å². The zero-order chi connectivity index (χ0) is 14.4. The molecule has 1 aromatic heterocycles. The number of rotatable bonds is 4. The molecule has 0 radical (unpaired) electrons. The molecule has 108 valence electrons. The Balaban J connectivity index is 2.17. The average molecular weight is 290 g/mol. The van der Waals surface area contributed by atoms with Gasteiger partial charge >= 0.3 is 0 Å². The molecule has 20 heavy (non-hydrogen) atoms. The molecule has 1 aliphatic carbocycles. The number of nitrogens with zero attached hydrogens (tertiary/aromatic N) is 2. The van der Waals surface area contributed by atoms with Gasteiger partial charge in [-0.3, -0.25) is 4.79 Å². The number of aryl methyl sites for hydroxylation is 2. The van der Waals surface area contributed by atoms with Crippen molar-refractivity contribution in [2.24, 2.45) is 0 Å². The van der Waals surface area contributed by atoms with Crippen LogP contribution in [0.4, 0.5) is 0 Å². The van der Waals surface area contributed by atoms with Gasteiger partial charge < -0.3 is 4.90 Å². The second kappa shape index (κ2) is 7.44. The van der Waals surface area contributed by atoms with E-state index in [1.807, 2.05) is 6.92 Å². The largest absolute Gasteiger partial charge is 0.325 e. The van der Waals surface area contributed by atoms with Crippen LogP contribution in [0.25, 0.3) is 0 Å². The van der Waals surface area contributed by atoms with Crippen LogP contribution in [0.5, 0.6) is 0 Å². The lowest BCUT2D eigenvalue weighted by Crippen LogP contribution is -2.31. The maximum absolute atomic E-state index is 12.5. The molecular formula is C16H22N2OS. The summed E-state index contributed by atoms with van der Waals surface area (Å²) in [6.45, 7) is 2.88. The van der Waals surface area contributed by atoms with Crippen LogP contribution in [-0.2, 0) is 12.8 Å². The van der Waals surface area contributed by atoms with Gasteiger partial charge in [0.1, 0.15) is 6.54 Å². The lowest BCUT2D eigenvalue weighted by atomic mass is 10.00. The zero-order valence-corrected chi connectivity index (χ0v) is 13.0. The lowest BCUT2D eigenvalue weighted by molar-refractivity contribution is 0.0781. The van der Waals surface area contributed by atoms with Crippen molar-refractivity contribution in [3.8, 4) is 6.07 Å². The molecule has 0 saturated carbocycles. The normalized spacial score (nSPS) is 14.8. The summed E-state index contributed by atoms with van der Waals surface area (Å²) in [5, 5.41) is 8.86. The van der Waals surface area contributed by atoms with E-state index in [2.05, 4.69) is 12.1 Å². The van der Waals surface area contributed by atoms with Crippen LogP contribution >= 0.6 is 11.3 Å². The van der Waals surface area contributed by atoms with Crippen LogP contribution in [0.15, 0.2) is 6.07 Å². The van der Waals surface area contributed by atoms with Gasteiger partial charge in [0.2, 0.25) is 0 Å². The number of nitriles is 1. The van der Waals surface area contributed by atoms with Crippen LogP contribution in [0.1, 0.15) is 59.1 Å². The van der Waals surface area contributed by atoms with E-state index in [9.17, 15) is 4.79 Å². The highest BCUT2D eigenvalue weighted by Crippen LogP contribution is 2.29. The molecule has 0 fully saturated rings. The summed E-state index contributed by atoms with van der Waals surface area (Å²) >= 11 is 1.65. The standard InChI is InChI=1S/C16H22N2OS/c1-2-10-18(11-9-17)16(19)15-12-13-7-5-3-4-6-8-14(13)20-15/h12H,2-8,10-11H2,1H3. The van der Waals surface area contributed by atoms with Gasteiger partial charge in [0.25, 0.3) is 5.91 Å². The van der Waals surface area contributed by atoms with Gasteiger partial charge in [0.15, 0.2) is 0 Å². The summed E-state index contributed by atoms with van der Waals surface area (Å²) in [7, 11) is 0. The SMILES string of the molecule is CCCN(CC#N)C(=O)c1cc2c(s1)CCCCCC2. The summed E-state index contributed by atoms with van der Waals surface area (Å²) in [6, 6.07) is 4.17. The molecule has 1 aliphatic rings. The van der Waals surface area contributed by atoms with Crippen molar-refractivity contribution in [3.05, 3.63) is 21.4 Å². The molecule has 0 saturated heterocycles. The predicted molar refractivity (Wildman–Crippen MR) is 82.0 cm³/mol. The van der Waals surface area contributed by atoms with Crippen molar-refractivity contribution in [1.82, 2.24) is 4.90 Å². The van der Waals surface area contributed by atoms with Crippen molar-refractivity contribution in [3.63, 3.8) is 0 Å². The Labute approximate surface area is 125 Å². The zero-order valence-electron chi connectivity index (χ0n) is 12.2. The van der Waals surface area contributed by atoms with E-state index in [4.69, 9.17) is 5.26 Å². The Morgan fingerprint density at radius 1 is 1.35 bits per heavy atom. The van der Waals surface area contributed by atoms with Crippen molar-refractivity contribution in [2.45, 2.75) is 51.9 Å². The van der Waals surface area contributed by atoms with E-state index in [0.717, 1.165) is 24.1 Å². The Hall–Kier alpha value is -1.34. The summed E-state index contributed by atoms with van der Waals surface area (Å²) < 4.78 is 0. The molecule has 4 heteroatoms. The molecule has 0 atom stereocenters. The number of thiophene rings is 1. The van der Waals surface area contributed by atoms with E-state index < -0.39 is 0 Å². The van der Waals surface area contributed by atoms with Crippen LogP contribution in [-0.4, -0.2) is 23.9 Å². The fourth-order valence-electron chi connectivity index (χ4n) is 2.71. The molecule has 3 nitrogen and oxygen atoms in total. The van der Waals surface area contributed by atoms with Crippen molar-refractivity contribution in [2.75, 3.05) is 13.1 Å². The number of fused-ring (bicyclic) bond motifs is 1. The smallest absolute Gasteiger partial charge is 0.264 e. The van der Waals surface area contributed by atoms with Crippen molar-refractivity contribution in [1.29, 1.82) is 5.26 Å². The highest BCUT2D eigenvalue weighted by molar-refractivity contribution is 7.14. The quantitative estimate of drug-likeness (QED) is 0.792. The second-order valence-corrected chi connectivity index (χ2v) is 6.49. The number of carbonyl (C=O) groups is 1. The molecular weight excluding hydrogens is 268 g/mol. The first-order valence-corrected chi connectivity index (χ1v) is 8.35. The molecule has 0 aromatic carbocycles. The van der Waals surface area contributed by atoms with E-state index in [0.29, 0.717) is 6.54 Å². The first-order chi connectivity index (χ1) is 9.76. The fraction of sp³-hybridized carbons (Fsp3) is 0.625. The number of hydrogen-bond acceptors (Lipinski definition) is 3. The topological polar surface area (TPSA) is 44.1 Å². The van der Waals surface area contributed by atoms with Gasteiger partial charge in [0, 0.05) is 11.4 Å². The summed E-state index contributed by atoms with van der Waals surface area (Å²) in [4.78, 5) is 16.4. The monoisotopic (exact) mass is 290 g/mol.